The summed E-state index contributed by atoms with van der Waals surface area (Å²) >= 11 is 12.0. The summed E-state index contributed by atoms with van der Waals surface area (Å²) in [6, 6.07) is 7.68. The number of halogens is 2. The van der Waals surface area contributed by atoms with Gasteiger partial charge in [0.2, 0.25) is 0 Å². The van der Waals surface area contributed by atoms with E-state index >= 15 is 0 Å². The maximum atomic E-state index is 12.8. The van der Waals surface area contributed by atoms with Crippen LogP contribution < -0.4 is 4.90 Å². The number of nitrogens with zero attached hydrogens (tertiary/aromatic N) is 2. The third kappa shape index (κ3) is 2.76. The Morgan fingerprint density at radius 2 is 2.10 bits per heavy atom. The van der Waals surface area contributed by atoms with Crippen molar-refractivity contribution in [1.82, 2.24) is 4.98 Å². The monoisotopic (exact) mass is 320 g/mol. The van der Waals surface area contributed by atoms with E-state index in [2.05, 4.69) is 18.0 Å². The predicted molar refractivity (Wildman–Crippen MR) is 85.4 cm³/mol. The summed E-state index contributed by atoms with van der Waals surface area (Å²) in [5, 5.41) is 0.590. The molecule has 0 saturated carbocycles. The van der Waals surface area contributed by atoms with Crippen LogP contribution in [0.2, 0.25) is 10.2 Å². The number of hydrogen-bond donors (Lipinski definition) is 0. The molecule has 1 aromatic carbocycles. The lowest BCUT2D eigenvalue weighted by Gasteiger charge is -2.30. The summed E-state index contributed by atoms with van der Waals surface area (Å²) in [5.41, 5.74) is 3.75. The highest BCUT2D eigenvalue weighted by Crippen LogP contribution is 2.30. The van der Waals surface area contributed by atoms with Crippen LogP contribution in [0, 0.1) is 6.92 Å². The van der Waals surface area contributed by atoms with Crippen molar-refractivity contribution >= 4 is 34.8 Å². The van der Waals surface area contributed by atoms with E-state index in [0.717, 1.165) is 18.5 Å². The zero-order chi connectivity index (χ0) is 15.0. The van der Waals surface area contributed by atoms with Gasteiger partial charge in [-0.1, -0.05) is 40.9 Å². The van der Waals surface area contributed by atoms with E-state index < -0.39 is 0 Å². The number of aromatic nitrogens is 1. The van der Waals surface area contributed by atoms with Crippen molar-refractivity contribution in [3.8, 4) is 0 Å². The lowest BCUT2D eigenvalue weighted by molar-refractivity contribution is 0.0985. The first-order valence-electron chi connectivity index (χ1n) is 6.78. The Balaban J connectivity index is 2.02. The average molecular weight is 321 g/mol. The van der Waals surface area contributed by atoms with Crippen molar-refractivity contribution in [2.75, 3.05) is 11.4 Å². The van der Waals surface area contributed by atoms with E-state index in [-0.39, 0.29) is 11.1 Å². The molecule has 21 heavy (non-hydrogen) atoms. The molecular weight excluding hydrogens is 307 g/mol. The van der Waals surface area contributed by atoms with Crippen molar-refractivity contribution in [1.29, 1.82) is 0 Å². The van der Waals surface area contributed by atoms with Gasteiger partial charge in [-0.05, 0) is 37.5 Å². The molecule has 3 rings (SSSR count). The van der Waals surface area contributed by atoms with Crippen LogP contribution in [0.4, 0.5) is 5.69 Å². The maximum absolute atomic E-state index is 12.8. The molecule has 1 amide bonds. The van der Waals surface area contributed by atoms with Crippen LogP contribution in [0.3, 0.4) is 0 Å². The van der Waals surface area contributed by atoms with Crippen molar-refractivity contribution in [3.05, 3.63) is 57.3 Å². The Labute approximate surface area is 133 Å². The first kappa shape index (κ1) is 14.4. The minimum atomic E-state index is -0.130. The smallest absolute Gasteiger partial charge is 0.259 e. The minimum Gasteiger partial charge on any atom is -0.308 e. The van der Waals surface area contributed by atoms with Crippen molar-refractivity contribution < 1.29 is 4.79 Å². The second-order valence-electron chi connectivity index (χ2n) is 5.18. The number of rotatable bonds is 1. The van der Waals surface area contributed by atoms with Gasteiger partial charge in [-0.3, -0.25) is 4.79 Å². The topological polar surface area (TPSA) is 33.2 Å². The summed E-state index contributed by atoms with van der Waals surface area (Å²) in [6.45, 7) is 2.74. The minimum absolute atomic E-state index is 0.130. The van der Waals surface area contributed by atoms with E-state index in [1.807, 2.05) is 12.1 Å². The van der Waals surface area contributed by atoms with E-state index in [1.165, 1.54) is 23.4 Å². The summed E-state index contributed by atoms with van der Waals surface area (Å²) < 4.78 is 0. The molecule has 1 aliphatic rings. The van der Waals surface area contributed by atoms with Gasteiger partial charge in [0.15, 0.2) is 0 Å². The van der Waals surface area contributed by atoms with E-state index in [1.54, 1.807) is 4.90 Å². The molecule has 0 radical (unpaired) electrons. The number of carbonyl (C=O) groups excluding carboxylic acids is 1. The zero-order valence-electron chi connectivity index (χ0n) is 11.6. The van der Waals surface area contributed by atoms with E-state index in [0.29, 0.717) is 17.1 Å². The van der Waals surface area contributed by atoms with Gasteiger partial charge in [0.25, 0.3) is 5.91 Å². The molecule has 5 heteroatoms. The Hall–Kier alpha value is -1.58. The molecule has 0 unspecified atom stereocenters. The molecule has 2 aromatic rings. The number of amides is 1. The lowest BCUT2D eigenvalue weighted by atomic mass is 9.99. The Morgan fingerprint density at radius 1 is 1.29 bits per heavy atom. The van der Waals surface area contributed by atoms with Crippen LogP contribution in [-0.2, 0) is 6.42 Å². The second-order valence-corrected chi connectivity index (χ2v) is 5.97. The van der Waals surface area contributed by atoms with Crippen molar-refractivity contribution in [2.45, 2.75) is 19.8 Å². The fraction of sp³-hybridized carbons (Fsp3) is 0.250. The number of aryl methyl sites for hydroxylation is 2. The molecule has 0 N–H and O–H groups in total. The standard InChI is InChI=1S/C16H14Cl2N2O/c1-10-4-5-14-11(7-10)3-2-6-20(14)16(21)12-8-15(18)19-9-13(12)17/h4-5,7-9H,2-3,6H2,1H3. The van der Waals surface area contributed by atoms with Gasteiger partial charge >= 0.3 is 0 Å². The van der Waals surface area contributed by atoms with Gasteiger partial charge in [-0.25, -0.2) is 4.98 Å². The third-order valence-electron chi connectivity index (χ3n) is 3.65. The van der Waals surface area contributed by atoms with Crippen molar-refractivity contribution in [2.24, 2.45) is 0 Å². The van der Waals surface area contributed by atoms with Gasteiger partial charge in [0, 0.05) is 18.4 Å². The van der Waals surface area contributed by atoms with Crippen LogP contribution in [0.5, 0.6) is 0 Å². The summed E-state index contributed by atoms with van der Waals surface area (Å²) in [5.74, 6) is -0.130. The van der Waals surface area contributed by atoms with Crippen LogP contribution in [0.25, 0.3) is 0 Å². The van der Waals surface area contributed by atoms with Gasteiger partial charge in [-0.15, -0.1) is 0 Å². The zero-order valence-corrected chi connectivity index (χ0v) is 13.1. The number of anilines is 1. The SMILES string of the molecule is Cc1ccc2c(c1)CCCN2C(=O)c1cc(Cl)ncc1Cl. The summed E-state index contributed by atoms with van der Waals surface area (Å²) in [4.78, 5) is 18.4. The molecule has 0 bridgehead atoms. The molecule has 0 fully saturated rings. The molecular formula is C16H14Cl2N2O. The Morgan fingerprint density at radius 3 is 2.90 bits per heavy atom. The summed E-state index contributed by atoms with van der Waals surface area (Å²) in [7, 11) is 0. The quantitative estimate of drug-likeness (QED) is 0.734. The molecule has 108 valence electrons. The molecule has 0 spiro atoms. The highest BCUT2D eigenvalue weighted by atomic mass is 35.5. The van der Waals surface area contributed by atoms with Crippen LogP contribution in [0.1, 0.15) is 27.9 Å². The molecule has 3 nitrogen and oxygen atoms in total. The second kappa shape index (κ2) is 5.66. The van der Waals surface area contributed by atoms with Gasteiger partial charge in [0.1, 0.15) is 5.15 Å². The maximum Gasteiger partial charge on any atom is 0.259 e. The van der Waals surface area contributed by atoms with Gasteiger partial charge in [-0.2, -0.15) is 0 Å². The highest BCUT2D eigenvalue weighted by Gasteiger charge is 2.25. The van der Waals surface area contributed by atoms with Gasteiger partial charge in [0.05, 0.1) is 10.6 Å². The van der Waals surface area contributed by atoms with Crippen LogP contribution in [0.15, 0.2) is 30.5 Å². The van der Waals surface area contributed by atoms with E-state index in [4.69, 9.17) is 23.2 Å². The first-order chi connectivity index (χ1) is 10.1. The number of pyridine rings is 1. The average Bonchev–Trinajstić information content (AvgIpc) is 2.48. The molecule has 2 heterocycles. The van der Waals surface area contributed by atoms with Crippen molar-refractivity contribution in [3.63, 3.8) is 0 Å². The fourth-order valence-electron chi connectivity index (χ4n) is 2.66. The molecule has 0 saturated heterocycles. The molecule has 1 aliphatic heterocycles. The van der Waals surface area contributed by atoms with Crippen LogP contribution >= 0.6 is 23.2 Å². The lowest BCUT2D eigenvalue weighted by Crippen LogP contribution is -2.35. The largest absolute Gasteiger partial charge is 0.308 e. The molecule has 0 aliphatic carbocycles. The summed E-state index contributed by atoms with van der Waals surface area (Å²) in [6.07, 6.45) is 3.35. The van der Waals surface area contributed by atoms with E-state index in [9.17, 15) is 4.79 Å². The normalized spacial score (nSPS) is 14.0. The third-order valence-corrected chi connectivity index (χ3v) is 4.16. The Bertz CT molecular complexity index is 715. The molecule has 0 atom stereocenters. The number of fused-ring (bicyclic) bond motifs is 1. The number of carbonyl (C=O) groups is 1. The Kier molecular flexibility index (Phi) is 3.87. The highest BCUT2D eigenvalue weighted by molar-refractivity contribution is 6.35. The van der Waals surface area contributed by atoms with Gasteiger partial charge < -0.3 is 4.90 Å². The number of hydrogen-bond acceptors (Lipinski definition) is 2. The fourth-order valence-corrected chi connectivity index (χ4v) is 3.00. The molecule has 1 aromatic heterocycles. The first-order valence-corrected chi connectivity index (χ1v) is 7.54. The predicted octanol–water partition coefficient (Wildman–Crippen LogP) is 4.29. The van der Waals surface area contributed by atoms with Crippen LogP contribution in [-0.4, -0.2) is 17.4 Å². The number of benzene rings is 1.